The number of hydrogen-bond donors (Lipinski definition) is 2. The van der Waals surface area contributed by atoms with Crippen molar-refractivity contribution in [2.75, 3.05) is 11.2 Å². The number of halogens is 1. The van der Waals surface area contributed by atoms with E-state index in [1.165, 1.54) is 0 Å². The van der Waals surface area contributed by atoms with Crippen LogP contribution in [-0.4, -0.2) is 17.6 Å². The number of amidine groups is 1. The molecule has 3 N–H and O–H groups in total. The number of alkyl halides is 1. The van der Waals surface area contributed by atoms with E-state index < -0.39 is 0 Å². The van der Waals surface area contributed by atoms with Crippen molar-refractivity contribution in [1.29, 1.82) is 0 Å². The normalized spacial score (nSPS) is 11.7. The molecule has 1 aromatic carbocycles. The van der Waals surface area contributed by atoms with Crippen molar-refractivity contribution in [3.63, 3.8) is 0 Å². The summed E-state index contributed by atoms with van der Waals surface area (Å²) in [5.74, 6) is 0.766. The number of hydrogen-bond acceptors (Lipinski definition) is 2. The van der Waals surface area contributed by atoms with Crippen LogP contribution >= 0.6 is 11.6 Å². The van der Waals surface area contributed by atoms with Gasteiger partial charge in [0.05, 0.1) is 17.3 Å². The number of anilines is 1. The van der Waals surface area contributed by atoms with E-state index in [9.17, 15) is 4.79 Å². The highest BCUT2D eigenvalue weighted by Crippen LogP contribution is 2.24. The number of rotatable bonds is 5. The van der Waals surface area contributed by atoms with Gasteiger partial charge in [-0.15, -0.1) is 11.6 Å². The molecule has 1 rings (SSSR count). The molecule has 0 unspecified atom stereocenters. The van der Waals surface area contributed by atoms with Gasteiger partial charge in [-0.05, 0) is 18.1 Å². The number of nitrogens with one attached hydrogen (secondary N) is 1. The van der Waals surface area contributed by atoms with Gasteiger partial charge in [0.25, 0.3) is 0 Å². The van der Waals surface area contributed by atoms with E-state index in [0.29, 0.717) is 29.5 Å². The monoisotopic (exact) mass is 267 g/mol. The topological polar surface area (TPSA) is 67.5 Å². The number of nitrogens with zero attached hydrogens (tertiary/aromatic N) is 1. The Balaban J connectivity index is 2.86. The number of benzene rings is 1. The Hall–Kier alpha value is -1.55. The third kappa shape index (κ3) is 4.75. The fourth-order valence-corrected chi connectivity index (χ4v) is 1.49. The molecule has 98 valence electrons. The second-order valence-corrected chi connectivity index (χ2v) is 4.67. The van der Waals surface area contributed by atoms with E-state index >= 15 is 0 Å². The predicted molar refractivity (Wildman–Crippen MR) is 76.5 cm³/mol. The number of nitrogens with two attached hydrogens (primary N) is 1. The summed E-state index contributed by atoms with van der Waals surface area (Å²) in [4.78, 5) is 15.9. The molecule has 1 aromatic rings. The van der Waals surface area contributed by atoms with Crippen molar-refractivity contribution in [2.24, 2.45) is 16.6 Å². The maximum absolute atomic E-state index is 11.7. The van der Waals surface area contributed by atoms with Gasteiger partial charge in [0.15, 0.2) is 0 Å². The zero-order valence-corrected chi connectivity index (χ0v) is 11.4. The lowest BCUT2D eigenvalue weighted by Crippen LogP contribution is -2.15. The molecule has 5 heteroatoms. The molecule has 0 aliphatic heterocycles. The van der Waals surface area contributed by atoms with Gasteiger partial charge in [-0.1, -0.05) is 26.0 Å². The van der Waals surface area contributed by atoms with Gasteiger partial charge in [-0.3, -0.25) is 4.79 Å². The molecular weight excluding hydrogens is 250 g/mol. The molecule has 18 heavy (non-hydrogen) atoms. The van der Waals surface area contributed by atoms with Crippen molar-refractivity contribution in [1.82, 2.24) is 0 Å². The van der Waals surface area contributed by atoms with E-state index in [0.717, 1.165) is 0 Å². The second kappa shape index (κ2) is 7.01. The third-order valence-electron chi connectivity index (χ3n) is 2.17. The first-order valence-corrected chi connectivity index (χ1v) is 6.34. The Bertz CT molecular complexity index is 444. The number of carbonyl (C=O) groups is 1. The quantitative estimate of drug-likeness (QED) is 0.489. The van der Waals surface area contributed by atoms with Gasteiger partial charge in [0.1, 0.15) is 5.84 Å². The summed E-state index contributed by atoms with van der Waals surface area (Å²) in [6, 6.07) is 7.24. The SMILES string of the molecule is CC(C)CC(=O)Nc1ccccc1N=C(N)CCl. The minimum atomic E-state index is -0.0305. The van der Waals surface area contributed by atoms with Gasteiger partial charge >= 0.3 is 0 Å². The summed E-state index contributed by atoms with van der Waals surface area (Å²) in [6.07, 6.45) is 0.475. The number of amides is 1. The third-order valence-corrected chi connectivity index (χ3v) is 2.45. The van der Waals surface area contributed by atoms with Crippen LogP contribution in [0.5, 0.6) is 0 Å². The van der Waals surface area contributed by atoms with Crippen LogP contribution in [0, 0.1) is 5.92 Å². The molecule has 4 nitrogen and oxygen atoms in total. The first-order valence-electron chi connectivity index (χ1n) is 5.80. The van der Waals surface area contributed by atoms with Crippen molar-refractivity contribution < 1.29 is 4.79 Å². The Morgan fingerprint density at radius 2 is 2.11 bits per heavy atom. The van der Waals surface area contributed by atoms with Crippen LogP contribution in [0.2, 0.25) is 0 Å². The fraction of sp³-hybridized carbons (Fsp3) is 0.385. The lowest BCUT2D eigenvalue weighted by atomic mass is 10.1. The Labute approximate surface area is 112 Å². The van der Waals surface area contributed by atoms with Crippen LogP contribution in [0.15, 0.2) is 29.3 Å². The first kappa shape index (κ1) is 14.5. The molecule has 1 amide bonds. The van der Waals surface area contributed by atoms with Crippen molar-refractivity contribution in [3.8, 4) is 0 Å². The maximum Gasteiger partial charge on any atom is 0.224 e. The lowest BCUT2D eigenvalue weighted by Gasteiger charge is -2.09. The fourth-order valence-electron chi connectivity index (χ4n) is 1.43. The van der Waals surface area contributed by atoms with Gasteiger partial charge in [0.2, 0.25) is 5.91 Å². The second-order valence-electron chi connectivity index (χ2n) is 4.40. The smallest absolute Gasteiger partial charge is 0.224 e. The van der Waals surface area contributed by atoms with Crippen molar-refractivity contribution in [3.05, 3.63) is 24.3 Å². The predicted octanol–water partition coefficient (Wildman–Crippen LogP) is 2.90. The van der Waals surface area contributed by atoms with Gasteiger partial charge < -0.3 is 11.1 Å². The molecule has 0 aliphatic rings. The van der Waals surface area contributed by atoms with Crippen LogP contribution in [0.1, 0.15) is 20.3 Å². The average molecular weight is 268 g/mol. The van der Waals surface area contributed by atoms with E-state index in [4.69, 9.17) is 17.3 Å². The van der Waals surface area contributed by atoms with E-state index in [1.807, 2.05) is 26.0 Å². The summed E-state index contributed by atoms with van der Waals surface area (Å²) < 4.78 is 0. The maximum atomic E-state index is 11.7. The van der Waals surface area contributed by atoms with Crippen LogP contribution in [0.3, 0.4) is 0 Å². The van der Waals surface area contributed by atoms with Gasteiger partial charge in [0, 0.05) is 6.42 Å². The zero-order valence-electron chi connectivity index (χ0n) is 10.6. The van der Waals surface area contributed by atoms with Crippen molar-refractivity contribution in [2.45, 2.75) is 20.3 Å². The summed E-state index contributed by atoms with van der Waals surface area (Å²) in [5.41, 5.74) is 6.86. The zero-order chi connectivity index (χ0) is 13.5. The van der Waals surface area contributed by atoms with Crippen LogP contribution in [-0.2, 0) is 4.79 Å². The largest absolute Gasteiger partial charge is 0.386 e. The summed E-state index contributed by atoms with van der Waals surface area (Å²) in [7, 11) is 0. The molecule has 0 spiro atoms. The number of aliphatic imine (C=N–C) groups is 1. The summed E-state index contributed by atoms with van der Waals surface area (Å²) >= 11 is 5.59. The highest BCUT2D eigenvalue weighted by molar-refractivity contribution is 6.28. The van der Waals surface area contributed by atoms with E-state index in [2.05, 4.69) is 10.3 Å². The first-order chi connectivity index (χ1) is 8.52. The number of carbonyl (C=O) groups excluding carboxylic acids is 1. The molecular formula is C13H18ClN3O. The van der Waals surface area contributed by atoms with E-state index in [-0.39, 0.29) is 11.8 Å². The highest BCUT2D eigenvalue weighted by Gasteiger charge is 2.08. The Kier molecular flexibility index (Phi) is 5.65. The van der Waals surface area contributed by atoms with Crippen LogP contribution in [0.4, 0.5) is 11.4 Å². The minimum Gasteiger partial charge on any atom is -0.386 e. The molecule has 0 fully saturated rings. The highest BCUT2D eigenvalue weighted by atomic mass is 35.5. The molecule has 0 atom stereocenters. The Morgan fingerprint density at radius 3 is 2.72 bits per heavy atom. The summed E-state index contributed by atoms with van der Waals surface area (Å²) in [6.45, 7) is 3.99. The van der Waals surface area contributed by atoms with Crippen molar-refractivity contribution >= 4 is 34.7 Å². The lowest BCUT2D eigenvalue weighted by molar-refractivity contribution is -0.116. The summed E-state index contributed by atoms with van der Waals surface area (Å²) in [5, 5.41) is 2.83. The van der Waals surface area contributed by atoms with E-state index in [1.54, 1.807) is 12.1 Å². The van der Waals surface area contributed by atoms with Crippen LogP contribution in [0.25, 0.3) is 0 Å². The molecule has 0 radical (unpaired) electrons. The average Bonchev–Trinajstić information content (AvgIpc) is 2.30. The molecule has 0 bridgehead atoms. The standard InChI is InChI=1S/C13H18ClN3O/c1-9(2)7-13(18)17-11-6-4-3-5-10(11)16-12(15)8-14/h3-6,9H,7-8H2,1-2H3,(H2,15,16)(H,17,18). The molecule has 0 heterocycles. The van der Waals surface area contributed by atoms with Gasteiger partial charge in [-0.2, -0.15) is 0 Å². The molecule has 0 saturated carbocycles. The Morgan fingerprint density at radius 1 is 1.44 bits per heavy atom. The molecule has 0 aromatic heterocycles. The minimum absolute atomic E-state index is 0.0305. The molecule has 0 aliphatic carbocycles. The molecule has 0 saturated heterocycles. The van der Waals surface area contributed by atoms with Gasteiger partial charge in [-0.25, -0.2) is 4.99 Å². The van der Waals surface area contributed by atoms with Crippen LogP contribution < -0.4 is 11.1 Å². The number of para-hydroxylation sites is 2.